The van der Waals surface area contributed by atoms with Gasteiger partial charge in [-0.3, -0.25) is 19.2 Å². The second-order valence-corrected chi connectivity index (χ2v) is 14.9. The van der Waals surface area contributed by atoms with Crippen LogP contribution in [0.4, 0.5) is 0 Å². The van der Waals surface area contributed by atoms with Gasteiger partial charge < -0.3 is 26.6 Å². The van der Waals surface area contributed by atoms with Crippen molar-refractivity contribution in [3.8, 4) is 0 Å². The molecule has 2 aliphatic carbocycles. The number of fused-ring (bicyclic) bond motifs is 1. The van der Waals surface area contributed by atoms with Gasteiger partial charge in [0.1, 0.15) is 11.6 Å². The van der Waals surface area contributed by atoms with Crippen LogP contribution in [0.15, 0.2) is 60.7 Å². The minimum absolute atomic E-state index is 0.0746. The Bertz CT molecular complexity index is 1540. The lowest BCUT2D eigenvalue weighted by Crippen LogP contribution is -2.61. The Hall–Kier alpha value is -3.76. The molecule has 3 fully saturated rings. The van der Waals surface area contributed by atoms with Crippen molar-refractivity contribution in [2.24, 2.45) is 11.7 Å². The van der Waals surface area contributed by atoms with Crippen LogP contribution in [0.25, 0.3) is 10.1 Å². The van der Waals surface area contributed by atoms with E-state index >= 15 is 0 Å². The maximum absolute atomic E-state index is 14.0. The maximum Gasteiger partial charge on any atom is 0.262 e. The van der Waals surface area contributed by atoms with Crippen LogP contribution in [0.2, 0.25) is 0 Å². The normalized spacial score (nSPS) is 20.0. The first-order valence-electron chi connectivity index (χ1n) is 17.3. The van der Waals surface area contributed by atoms with Crippen molar-refractivity contribution < 1.29 is 19.2 Å². The molecule has 2 saturated carbocycles. The van der Waals surface area contributed by atoms with E-state index in [4.69, 9.17) is 5.73 Å². The van der Waals surface area contributed by atoms with E-state index < -0.39 is 17.1 Å². The van der Waals surface area contributed by atoms with Crippen LogP contribution < -0.4 is 21.7 Å². The van der Waals surface area contributed by atoms with Crippen molar-refractivity contribution in [1.29, 1.82) is 0 Å². The third-order valence-electron chi connectivity index (χ3n) is 10.4. The largest absolute Gasteiger partial charge is 0.354 e. The molecule has 47 heavy (non-hydrogen) atoms. The Labute approximate surface area is 281 Å². The van der Waals surface area contributed by atoms with Gasteiger partial charge in [-0.05, 0) is 67.5 Å². The molecule has 1 atom stereocenters. The molecule has 3 aliphatic rings. The Morgan fingerprint density at radius 3 is 2.23 bits per heavy atom. The van der Waals surface area contributed by atoms with E-state index in [1.807, 2.05) is 65.6 Å². The minimum Gasteiger partial charge on any atom is -0.354 e. The lowest BCUT2D eigenvalue weighted by atomic mass is 9.81. The van der Waals surface area contributed by atoms with E-state index in [0.29, 0.717) is 43.8 Å². The average molecular weight is 658 g/mol. The van der Waals surface area contributed by atoms with Crippen molar-refractivity contribution in [1.82, 2.24) is 20.9 Å². The Kier molecular flexibility index (Phi) is 10.3. The average Bonchev–Trinajstić information content (AvgIpc) is 3.76. The molecule has 1 aromatic heterocycles. The summed E-state index contributed by atoms with van der Waals surface area (Å²) in [6.45, 7) is 1.76. The molecular weight excluding hydrogens is 611 g/mol. The molecule has 0 bridgehead atoms. The quantitative estimate of drug-likeness (QED) is 0.251. The van der Waals surface area contributed by atoms with Crippen LogP contribution in [-0.4, -0.2) is 65.3 Å². The summed E-state index contributed by atoms with van der Waals surface area (Å²) < 4.78 is 1.02. The predicted molar refractivity (Wildman–Crippen MR) is 185 cm³/mol. The fourth-order valence-electron chi connectivity index (χ4n) is 7.54. The van der Waals surface area contributed by atoms with Gasteiger partial charge in [-0.15, -0.1) is 11.3 Å². The Morgan fingerprint density at radius 1 is 0.872 bits per heavy atom. The highest BCUT2D eigenvalue weighted by molar-refractivity contribution is 7.20. The van der Waals surface area contributed by atoms with Gasteiger partial charge in [0.25, 0.3) is 5.91 Å². The van der Waals surface area contributed by atoms with Crippen LogP contribution in [0.3, 0.4) is 0 Å². The molecule has 5 N–H and O–H groups in total. The first-order valence-corrected chi connectivity index (χ1v) is 18.1. The number of amides is 4. The van der Waals surface area contributed by atoms with Gasteiger partial charge in [-0.1, -0.05) is 80.6 Å². The van der Waals surface area contributed by atoms with E-state index in [1.54, 1.807) is 0 Å². The first-order chi connectivity index (χ1) is 22.7. The van der Waals surface area contributed by atoms with Gasteiger partial charge in [0.05, 0.1) is 10.4 Å². The molecule has 2 heterocycles. The molecule has 1 saturated heterocycles. The molecule has 0 spiro atoms. The molecule has 1 aliphatic heterocycles. The van der Waals surface area contributed by atoms with E-state index in [2.05, 4.69) is 16.0 Å². The van der Waals surface area contributed by atoms with Gasteiger partial charge in [-0.25, -0.2) is 0 Å². The third kappa shape index (κ3) is 7.70. The van der Waals surface area contributed by atoms with Crippen LogP contribution in [0, 0.1) is 5.92 Å². The number of hydrogen-bond acceptors (Lipinski definition) is 6. The minimum atomic E-state index is -1.07. The zero-order valence-electron chi connectivity index (χ0n) is 27.1. The highest BCUT2D eigenvalue weighted by Crippen LogP contribution is 2.33. The summed E-state index contributed by atoms with van der Waals surface area (Å²) in [7, 11) is 0. The van der Waals surface area contributed by atoms with Crippen LogP contribution in [0.5, 0.6) is 0 Å². The van der Waals surface area contributed by atoms with Gasteiger partial charge in [0.2, 0.25) is 17.7 Å². The number of rotatable bonds is 10. The predicted octanol–water partition coefficient (Wildman–Crippen LogP) is 4.69. The summed E-state index contributed by atoms with van der Waals surface area (Å²) >= 11 is 1.41. The van der Waals surface area contributed by atoms with Gasteiger partial charge >= 0.3 is 0 Å². The highest BCUT2D eigenvalue weighted by atomic mass is 32.1. The van der Waals surface area contributed by atoms with E-state index in [-0.39, 0.29) is 29.5 Å². The molecule has 2 aromatic carbocycles. The number of hydrogen-bond donors (Lipinski definition) is 4. The molecule has 0 unspecified atom stereocenters. The number of thiophene rings is 1. The van der Waals surface area contributed by atoms with Crippen molar-refractivity contribution in [2.75, 3.05) is 19.6 Å². The van der Waals surface area contributed by atoms with Crippen molar-refractivity contribution >= 4 is 45.1 Å². The summed E-state index contributed by atoms with van der Waals surface area (Å²) in [5.74, 6) is -0.511. The summed E-state index contributed by atoms with van der Waals surface area (Å²) in [5.41, 5.74) is 5.67. The molecular formula is C37H47N5O4S. The van der Waals surface area contributed by atoms with Crippen LogP contribution in [0.1, 0.15) is 85.9 Å². The third-order valence-corrected chi connectivity index (χ3v) is 11.6. The van der Waals surface area contributed by atoms with Crippen LogP contribution >= 0.6 is 11.3 Å². The molecule has 0 radical (unpaired) electrons. The zero-order chi connectivity index (χ0) is 32.9. The SMILES string of the molecule is NC1(C(=O)N2CCC(CNC(=O)[C@@H](Cc3ccccc3)NC(=O)C3(NC(=O)c4cc5ccccc5s4)CCCC3)CC2)CCCCC1. The standard InChI is InChI=1S/C37H47N5O4S/c38-36(17-7-2-8-18-36)35(46)42-21-15-27(16-22-42)25-39-32(43)29(23-26-11-3-1-4-12-26)40-34(45)37(19-9-10-20-37)41-33(44)31-24-28-13-5-6-14-30(28)47-31/h1,3-6,11-14,24,27,29H,2,7-10,15-23,25,38H2,(H,39,43)(H,40,45)(H,41,44)/t29-/m1/s1. The lowest BCUT2D eigenvalue weighted by molar-refractivity contribution is -0.139. The number of carbonyl (C=O) groups excluding carboxylic acids is 4. The molecule has 4 amide bonds. The number of nitrogens with two attached hydrogens (primary N) is 1. The van der Waals surface area contributed by atoms with Crippen LogP contribution in [-0.2, 0) is 20.8 Å². The lowest BCUT2D eigenvalue weighted by Gasteiger charge is -2.40. The fourth-order valence-corrected chi connectivity index (χ4v) is 8.49. The topological polar surface area (TPSA) is 134 Å². The number of nitrogens with zero attached hydrogens (tertiary/aromatic N) is 1. The Balaban J connectivity index is 1.08. The number of piperidine rings is 1. The summed E-state index contributed by atoms with van der Waals surface area (Å²) in [6.07, 6.45) is 9.29. The number of carbonyl (C=O) groups is 4. The van der Waals surface area contributed by atoms with Gasteiger partial charge in [0, 0.05) is 30.8 Å². The highest BCUT2D eigenvalue weighted by Gasteiger charge is 2.44. The molecule has 250 valence electrons. The smallest absolute Gasteiger partial charge is 0.262 e. The summed E-state index contributed by atoms with van der Waals surface area (Å²) in [5, 5.41) is 10.2. The summed E-state index contributed by atoms with van der Waals surface area (Å²) in [4.78, 5) is 56.9. The van der Waals surface area contributed by atoms with E-state index in [9.17, 15) is 19.2 Å². The first kappa shape index (κ1) is 33.2. The molecule has 6 rings (SSSR count). The van der Waals surface area contributed by atoms with E-state index in [0.717, 1.165) is 73.4 Å². The Morgan fingerprint density at radius 2 is 1.53 bits per heavy atom. The second-order valence-electron chi connectivity index (χ2n) is 13.8. The molecule has 10 heteroatoms. The van der Waals surface area contributed by atoms with Gasteiger partial charge in [0.15, 0.2) is 0 Å². The second kappa shape index (κ2) is 14.6. The number of benzene rings is 2. The maximum atomic E-state index is 14.0. The molecule has 3 aromatic rings. The van der Waals surface area contributed by atoms with Gasteiger partial charge in [-0.2, -0.15) is 0 Å². The number of likely N-dealkylation sites (tertiary alicyclic amines) is 1. The van der Waals surface area contributed by atoms with Crippen molar-refractivity contribution in [2.45, 2.75) is 94.2 Å². The monoisotopic (exact) mass is 657 g/mol. The number of nitrogens with one attached hydrogen (secondary N) is 3. The zero-order valence-corrected chi connectivity index (χ0v) is 27.9. The fraction of sp³-hybridized carbons (Fsp3) is 0.514. The van der Waals surface area contributed by atoms with Crippen molar-refractivity contribution in [3.63, 3.8) is 0 Å². The molecule has 9 nitrogen and oxygen atoms in total. The summed E-state index contributed by atoms with van der Waals surface area (Å²) in [6, 6.07) is 18.6. The van der Waals surface area contributed by atoms with Crippen molar-refractivity contribution in [3.05, 3.63) is 71.1 Å². The van der Waals surface area contributed by atoms with E-state index in [1.165, 1.54) is 11.3 Å².